The van der Waals surface area contributed by atoms with Gasteiger partial charge in [0.1, 0.15) is 5.60 Å². The van der Waals surface area contributed by atoms with Gasteiger partial charge in [-0.1, -0.05) is 6.58 Å². The Balaban J connectivity index is 1.75. The minimum absolute atomic E-state index is 0.244. The van der Waals surface area contributed by atoms with Crippen LogP contribution in [0.1, 0.15) is 32.6 Å². The van der Waals surface area contributed by atoms with E-state index in [1.54, 1.807) is 0 Å². The van der Waals surface area contributed by atoms with Crippen molar-refractivity contribution in [2.75, 3.05) is 0 Å². The first-order chi connectivity index (χ1) is 8.56. The zero-order valence-corrected chi connectivity index (χ0v) is 10.8. The van der Waals surface area contributed by atoms with Crippen molar-refractivity contribution < 1.29 is 9.53 Å². The first-order valence-electron chi connectivity index (χ1n) is 6.81. The second-order valence-electron chi connectivity index (χ2n) is 6.44. The smallest absolute Gasteiger partial charge is 0.330 e. The summed E-state index contributed by atoms with van der Waals surface area (Å²) >= 11 is 0. The molecule has 3 fully saturated rings. The van der Waals surface area contributed by atoms with Crippen LogP contribution in [0.2, 0.25) is 0 Å². The van der Waals surface area contributed by atoms with Crippen LogP contribution in [0.25, 0.3) is 0 Å². The molecule has 96 valence electrons. The molecule has 0 aromatic rings. The Morgan fingerprint density at radius 3 is 2.78 bits per heavy atom. The number of esters is 1. The van der Waals surface area contributed by atoms with Crippen LogP contribution in [0.5, 0.6) is 0 Å². The minimum atomic E-state index is -0.331. The van der Waals surface area contributed by atoms with Crippen molar-refractivity contribution in [1.29, 1.82) is 5.26 Å². The summed E-state index contributed by atoms with van der Waals surface area (Å²) in [7, 11) is 0. The summed E-state index contributed by atoms with van der Waals surface area (Å²) in [6.45, 7) is 5.49. The molecule has 0 aromatic heterocycles. The summed E-state index contributed by atoms with van der Waals surface area (Å²) < 4.78 is 5.54. The van der Waals surface area contributed by atoms with E-state index in [2.05, 4.69) is 12.6 Å². The van der Waals surface area contributed by atoms with Crippen molar-refractivity contribution in [1.82, 2.24) is 0 Å². The van der Waals surface area contributed by atoms with E-state index < -0.39 is 0 Å². The standard InChI is InChI=1S/C15H19NO2/c1-3-14(17)18-15(2)6-12-9-4-10(8-16)11(5-9)13(12)7-15/h3,9-13H,1,4-7H2,2H3. The van der Waals surface area contributed by atoms with Gasteiger partial charge in [0.2, 0.25) is 0 Å². The molecule has 0 amide bonds. The molecule has 2 bridgehead atoms. The number of nitrogens with zero attached hydrogens (tertiary/aromatic N) is 1. The Morgan fingerprint density at radius 1 is 1.39 bits per heavy atom. The maximum absolute atomic E-state index is 11.4. The van der Waals surface area contributed by atoms with Gasteiger partial charge in [0.05, 0.1) is 6.07 Å². The van der Waals surface area contributed by atoms with Gasteiger partial charge < -0.3 is 4.74 Å². The molecule has 3 nitrogen and oxygen atoms in total. The molecule has 0 aliphatic heterocycles. The lowest BCUT2D eigenvalue weighted by Gasteiger charge is -2.27. The van der Waals surface area contributed by atoms with Gasteiger partial charge in [-0.2, -0.15) is 5.26 Å². The Labute approximate surface area is 108 Å². The van der Waals surface area contributed by atoms with Crippen molar-refractivity contribution in [3.8, 4) is 6.07 Å². The van der Waals surface area contributed by atoms with E-state index in [0.29, 0.717) is 23.7 Å². The normalized spacial score (nSPS) is 48.6. The Kier molecular flexibility index (Phi) is 2.52. The summed E-state index contributed by atoms with van der Waals surface area (Å²) in [5.41, 5.74) is -0.331. The largest absolute Gasteiger partial charge is 0.456 e. The Hall–Kier alpha value is -1.30. The number of nitriles is 1. The molecule has 6 unspecified atom stereocenters. The molecular formula is C15H19NO2. The fourth-order valence-electron chi connectivity index (χ4n) is 4.82. The maximum atomic E-state index is 11.4. The number of fused-ring (bicyclic) bond motifs is 5. The van der Waals surface area contributed by atoms with Crippen molar-refractivity contribution in [2.24, 2.45) is 29.6 Å². The third-order valence-electron chi connectivity index (χ3n) is 5.37. The van der Waals surface area contributed by atoms with Crippen molar-refractivity contribution in [3.63, 3.8) is 0 Å². The third-order valence-corrected chi connectivity index (χ3v) is 5.37. The van der Waals surface area contributed by atoms with Crippen LogP contribution in [-0.2, 0) is 9.53 Å². The molecule has 3 saturated carbocycles. The number of carbonyl (C=O) groups excluding carboxylic acids is 1. The van der Waals surface area contributed by atoms with Crippen molar-refractivity contribution in [2.45, 2.75) is 38.2 Å². The summed E-state index contributed by atoms with van der Waals surface area (Å²) in [5.74, 6) is 2.43. The first-order valence-corrected chi connectivity index (χ1v) is 6.81. The lowest BCUT2D eigenvalue weighted by Crippen LogP contribution is -2.29. The fourth-order valence-corrected chi connectivity index (χ4v) is 4.82. The molecule has 18 heavy (non-hydrogen) atoms. The van der Waals surface area contributed by atoms with Crippen LogP contribution in [0.3, 0.4) is 0 Å². The van der Waals surface area contributed by atoms with Crippen LogP contribution in [0, 0.1) is 40.9 Å². The number of rotatable bonds is 2. The van der Waals surface area contributed by atoms with Crippen LogP contribution >= 0.6 is 0 Å². The van der Waals surface area contributed by atoms with Gasteiger partial charge in [-0.15, -0.1) is 0 Å². The predicted molar refractivity (Wildman–Crippen MR) is 66.2 cm³/mol. The van der Waals surface area contributed by atoms with Crippen LogP contribution in [0.4, 0.5) is 0 Å². The Morgan fingerprint density at radius 2 is 2.11 bits per heavy atom. The summed E-state index contributed by atoms with van der Waals surface area (Å²) in [5, 5.41) is 9.17. The molecule has 0 N–H and O–H groups in total. The van der Waals surface area contributed by atoms with Gasteiger partial charge >= 0.3 is 5.97 Å². The molecular weight excluding hydrogens is 226 g/mol. The SMILES string of the molecule is C=CC(=O)OC1(C)CC2C3CC(C#N)C(C3)C2C1. The maximum Gasteiger partial charge on any atom is 0.330 e. The molecule has 3 aliphatic rings. The highest BCUT2D eigenvalue weighted by molar-refractivity contribution is 5.81. The van der Waals surface area contributed by atoms with Crippen molar-refractivity contribution >= 4 is 5.97 Å². The molecule has 3 heteroatoms. The van der Waals surface area contributed by atoms with Crippen molar-refractivity contribution in [3.05, 3.63) is 12.7 Å². The monoisotopic (exact) mass is 245 g/mol. The number of ether oxygens (including phenoxy) is 1. The van der Waals surface area contributed by atoms with E-state index >= 15 is 0 Å². The average molecular weight is 245 g/mol. The lowest BCUT2D eigenvalue weighted by atomic mass is 9.76. The molecule has 3 rings (SSSR count). The predicted octanol–water partition coefficient (Wildman–Crippen LogP) is 2.68. The molecule has 0 spiro atoms. The quantitative estimate of drug-likeness (QED) is 0.555. The number of hydrogen-bond acceptors (Lipinski definition) is 3. The first kappa shape index (κ1) is 11.8. The highest BCUT2D eigenvalue weighted by Crippen LogP contribution is 2.63. The second kappa shape index (κ2) is 3.85. The third kappa shape index (κ3) is 1.59. The van der Waals surface area contributed by atoms with Gasteiger partial charge in [0.15, 0.2) is 0 Å². The summed E-state index contributed by atoms with van der Waals surface area (Å²) in [6, 6.07) is 2.46. The van der Waals surface area contributed by atoms with Crippen LogP contribution < -0.4 is 0 Å². The zero-order chi connectivity index (χ0) is 12.9. The molecule has 0 heterocycles. The highest BCUT2D eigenvalue weighted by Gasteiger charge is 2.59. The topological polar surface area (TPSA) is 50.1 Å². The molecule has 0 saturated heterocycles. The van der Waals surface area contributed by atoms with Crippen LogP contribution in [-0.4, -0.2) is 11.6 Å². The highest BCUT2D eigenvalue weighted by atomic mass is 16.6. The molecule has 3 aliphatic carbocycles. The van der Waals surface area contributed by atoms with E-state index in [0.717, 1.165) is 19.3 Å². The van der Waals surface area contributed by atoms with Gasteiger partial charge in [0.25, 0.3) is 0 Å². The number of carbonyl (C=O) groups is 1. The van der Waals surface area contributed by atoms with Gasteiger partial charge in [-0.3, -0.25) is 0 Å². The van der Waals surface area contributed by atoms with E-state index in [1.807, 2.05) is 6.92 Å². The summed E-state index contributed by atoms with van der Waals surface area (Å²) in [6.07, 6.45) is 5.42. The second-order valence-corrected chi connectivity index (χ2v) is 6.44. The Bertz CT molecular complexity index is 438. The molecule has 0 aromatic carbocycles. The van der Waals surface area contributed by atoms with Gasteiger partial charge in [-0.05, 0) is 56.3 Å². The lowest BCUT2D eigenvalue weighted by molar-refractivity contribution is -0.151. The van der Waals surface area contributed by atoms with Crippen LogP contribution in [0.15, 0.2) is 12.7 Å². The fraction of sp³-hybridized carbons (Fsp3) is 0.733. The van der Waals surface area contributed by atoms with E-state index in [-0.39, 0.29) is 17.5 Å². The molecule has 6 atom stereocenters. The van der Waals surface area contributed by atoms with Gasteiger partial charge in [-0.25, -0.2) is 4.79 Å². The molecule has 0 radical (unpaired) electrons. The average Bonchev–Trinajstić information content (AvgIpc) is 2.96. The van der Waals surface area contributed by atoms with E-state index in [1.165, 1.54) is 12.5 Å². The zero-order valence-electron chi connectivity index (χ0n) is 10.8. The minimum Gasteiger partial charge on any atom is -0.456 e. The summed E-state index contributed by atoms with van der Waals surface area (Å²) in [4.78, 5) is 11.4. The van der Waals surface area contributed by atoms with Gasteiger partial charge in [0, 0.05) is 12.0 Å². The van der Waals surface area contributed by atoms with E-state index in [9.17, 15) is 10.1 Å². The van der Waals surface area contributed by atoms with E-state index in [4.69, 9.17) is 4.74 Å². The number of hydrogen-bond donors (Lipinski definition) is 0.